The summed E-state index contributed by atoms with van der Waals surface area (Å²) in [6, 6.07) is 6.04. The van der Waals surface area contributed by atoms with Gasteiger partial charge in [0.1, 0.15) is 12.0 Å². The minimum absolute atomic E-state index is 0. The molecule has 0 spiro atoms. The van der Waals surface area contributed by atoms with E-state index in [1.165, 1.54) is 12.1 Å². The van der Waals surface area contributed by atoms with Crippen molar-refractivity contribution < 1.29 is 8.78 Å². The van der Waals surface area contributed by atoms with Crippen molar-refractivity contribution in [3.05, 3.63) is 35.6 Å². The number of halogens is 3. The van der Waals surface area contributed by atoms with Gasteiger partial charge in [-0.15, -0.1) is 12.4 Å². The van der Waals surface area contributed by atoms with Crippen LogP contribution in [0, 0.1) is 5.82 Å². The normalized spacial score (nSPS) is 11.9. The number of hydrogen-bond donors (Lipinski definition) is 1. The lowest BCUT2D eigenvalue weighted by Gasteiger charge is -2.06. The molecular formula is C10H14ClF2N. The van der Waals surface area contributed by atoms with Crippen LogP contribution in [-0.2, 0) is 6.42 Å². The highest BCUT2D eigenvalue weighted by Crippen LogP contribution is 2.07. The van der Waals surface area contributed by atoms with E-state index in [-0.39, 0.29) is 24.6 Å². The van der Waals surface area contributed by atoms with Crippen molar-refractivity contribution in [1.82, 2.24) is 5.32 Å². The van der Waals surface area contributed by atoms with Crippen LogP contribution in [0.3, 0.4) is 0 Å². The van der Waals surface area contributed by atoms with E-state index in [1.54, 1.807) is 19.2 Å². The van der Waals surface area contributed by atoms with Crippen LogP contribution in [0.1, 0.15) is 5.56 Å². The first-order chi connectivity index (χ1) is 6.22. The molecule has 0 saturated heterocycles. The molecule has 1 N–H and O–H groups in total. The molecule has 1 aromatic carbocycles. The Hall–Kier alpha value is -0.670. The summed E-state index contributed by atoms with van der Waals surface area (Å²) in [6.45, 7) is 0.302. The van der Waals surface area contributed by atoms with E-state index in [4.69, 9.17) is 0 Å². The Morgan fingerprint density at radius 3 is 2.71 bits per heavy atom. The molecule has 0 aliphatic heterocycles. The number of hydrogen-bond acceptors (Lipinski definition) is 1. The maximum Gasteiger partial charge on any atom is 0.123 e. The van der Waals surface area contributed by atoms with Gasteiger partial charge in [-0.2, -0.15) is 0 Å². The molecule has 14 heavy (non-hydrogen) atoms. The second kappa shape index (κ2) is 6.74. The fraction of sp³-hybridized carbons (Fsp3) is 0.400. The average Bonchev–Trinajstić information content (AvgIpc) is 2.04. The predicted molar refractivity (Wildman–Crippen MR) is 56.2 cm³/mol. The van der Waals surface area contributed by atoms with E-state index in [0.717, 1.165) is 0 Å². The Balaban J connectivity index is 0.00000169. The summed E-state index contributed by atoms with van der Waals surface area (Å²) in [5.41, 5.74) is 0.697. The molecule has 0 bridgehead atoms. The maximum atomic E-state index is 13.0. The van der Waals surface area contributed by atoms with Gasteiger partial charge in [-0.05, 0) is 24.7 Å². The van der Waals surface area contributed by atoms with Crippen molar-refractivity contribution >= 4 is 12.4 Å². The third-order valence-corrected chi connectivity index (χ3v) is 1.77. The molecule has 80 valence electrons. The summed E-state index contributed by atoms with van der Waals surface area (Å²) < 4.78 is 25.7. The van der Waals surface area contributed by atoms with E-state index in [2.05, 4.69) is 5.32 Å². The summed E-state index contributed by atoms with van der Waals surface area (Å²) in [5.74, 6) is -0.311. The molecule has 1 unspecified atom stereocenters. The first kappa shape index (κ1) is 13.3. The van der Waals surface area contributed by atoms with Gasteiger partial charge in [0.25, 0.3) is 0 Å². The van der Waals surface area contributed by atoms with Crippen molar-refractivity contribution in [3.8, 4) is 0 Å². The lowest BCUT2D eigenvalue weighted by Crippen LogP contribution is -2.21. The van der Waals surface area contributed by atoms with E-state index in [1.807, 2.05) is 0 Å². The molecule has 0 aliphatic carbocycles. The van der Waals surface area contributed by atoms with Gasteiger partial charge in [0.05, 0.1) is 0 Å². The summed E-state index contributed by atoms with van der Waals surface area (Å²) >= 11 is 0. The molecule has 0 aliphatic rings. The molecule has 0 aromatic heterocycles. The first-order valence-corrected chi connectivity index (χ1v) is 4.25. The predicted octanol–water partition coefficient (Wildman–Crippen LogP) is 2.35. The zero-order chi connectivity index (χ0) is 9.68. The molecule has 0 amide bonds. The summed E-state index contributed by atoms with van der Waals surface area (Å²) in [6.07, 6.45) is -0.690. The lowest BCUT2D eigenvalue weighted by atomic mass is 10.1. The first-order valence-electron chi connectivity index (χ1n) is 4.25. The third kappa shape index (κ3) is 4.53. The molecule has 0 heterocycles. The highest BCUT2D eigenvalue weighted by molar-refractivity contribution is 5.85. The number of rotatable bonds is 4. The monoisotopic (exact) mass is 221 g/mol. The van der Waals surface area contributed by atoms with Crippen molar-refractivity contribution in [3.63, 3.8) is 0 Å². The van der Waals surface area contributed by atoms with Gasteiger partial charge in [-0.25, -0.2) is 8.78 Å². The highest BCUT2D eigenvalue weighted by Gasteiger charge is 2.06. The standard InChI is InChI=1S/C10H13F2N.ClH/c1-13-7-10(12)6-8-3-2-4-9(11)5-8;/h2-5,10,13H,6-7H2,1H3;1H. The molecule has 1 rings (SSSR count). The van der Waals surface area contributed by atoms with E-state index in [9.17, 15) is 8.78 Å². The second-order valence-corrected chi connectivity index (χ2v) is 2.99. The van der Waals surface area contributed by atoms with Gasteiger partial charge in [-0.1, -0.05) is 12.1 Å². The van der Waals surface area contributed by atoms with Crippen LogP contribution in [0.15, 0.2) is 24.3 Å². The van der Waals surface area contributed by atoms with Gasteiger partial charge in [0.2, 0.25) is 0 Å². The molecule has 1 atom stereocenters. The molecule has 0 saturated carbocycles. The number of nitrogens with one attached hydrogen (secondary N) is 1. The van der Waals surface area contributed by atoms with Crippen LogP contribution in [0.5, 0.6) is 0 Å². The van der Waals surface area contributed by atoms with Gasteiger partial charge in [-0.3, -0.25) is 0 Å². The van der Waals surface area contributed by atoms with Crippen LogP contribution in [-0.4, -0.2) is 19.8 Å². The van der Waals surface area contributed by atoms with Crippen LogP contribution < -0.4 is 5.32 Å². The fourth-order valence-electron chi connectivity index (χ4n) is 1.21. The average molecular weight is 222 g/mol. The molecule has 0 fully saturated rings. The van der Waals surface area contributed by atoms with Crippen molar-refractivity contribution in [2.75, 3.05) is 13.6 Å². The van der Waals surface area contributed by atoms with Crippen LogP contribution in [0.4, 0.5) is 8.78 Å². The molecule has 0 radical (unpaired) electrons. The summed E-state index contributed by atoms with van der Waals surface area (Å²) in [4.78, 5) is 0. The number of alkyl halides is 1. The Kier molecular flexibility index (Phi) is 6.41. The Bertz CT molecular complexity index is 268. The Morgan fingerprint density at radius 2 is 2.14 bits per heavy atom. The minimum atomic E-state index is -0.952. The fourth-order valence-corrected chi connectivity index (χ4v) is 1.21. The SMILES string of the molecule is CNCC(F)Cc1cccc(F)c1.Cl. The second-order valence-electron chi connectivity index (χ2n) is 2.99. The smallest absolute Gasteiger partial charge is 0.123 e. The Morgan fingerprint density at radius 1 is 1.43 bits per heavy atom. The molecule has 1 nitrogen and oxygen atoms in total. The maximum absolute atomic E-state index is 13.0. The van der Waals surface area contributed by atoms with Crippen LogP contribution in [0.2, 0.25) is 0 Å². The zero-order valence-corrected chi connectivity index (χ0v) is 8.78. The highest BCUT2D eigenvalue weighted by atomic mass is 35.5. The van der Waals surface area contributed by atoms with Gasteiger partial charge >= 0.3 is 0 Å². The summed E-state index contributed by atoms with van der Waals surface area (Å²) in [5, 5.41) is 2.73. The van der Waals surface area contributed by atoms with Gasteiger partial charge in [0.15, 0.2) is 0 Å². The topological polar surface area (TPSA) is 12.0 Å². The van der Waals surface area contributed by atoms with Crippen molar-refractivity contribution in [1.29, 1.82) is 0 Å². The quantitative estimate of drug-likeness (QED) is 0.823. The van der Waals surface area contributed by atoms with Crippen molar-refractivity contribution in [2.24, 2.45) is 0 Å². The van der Waals surface area contributed by atoms with Gasteiger partial charge < -0.3 is 5.32 Å². The van der Waals surface area contributed by atoms with E-state index in [0.29, 0.717) is 12.1 Å². The number of benzene rings is 1. The molecular weight excluding hydrogens is 208 g/mol. The van der Waals surface area contributed by atoms with Crippen LogP contribution >= 0.6 is 12.4 Å². The van der Waals surface area contributed by atoms with Crippen LogP contribution in [0.25, 0.3) is 0 Å². The van der Waals surface area contributed by atoms with E-state index >= 15 is 0 Å². The zero-order valence-electron chi connectivity index (χ0n) is 7.97. The molecule has 4 heteroatoms. The largest absolute Gasteiger partial charge is 0.317 e. The Labute approximate surface area is 88.9 Å². The van der Waals surface area contributed by atoms with E-state index < -0.39 is 6.17 Å². The summed E-state index contributed by atoms with van der Waals surface area (Å²) in [7, 11) is 1.69. The van der Waals surface area contributed by atoms with Crippen molar-refractivity contribution in [2.45, 2.75) is 12.6 Å². The van der Waals surface area contributed by atoms with Gasteiger partial charge in [0, 0.05) is 13.0 Å². The minimum Gasteiger partial charge on any atom is -0.317 e. The molecule has 1 aromatic rings. The third-order valence-electron chi connectivity index (χ3n) is 1.77. The lowest BCUT2D eigenvalue weighted by molar-refractivity contribution is 0.324.